The number of aliphatic carboxylic acids is 1. The van der Waals surface area contributed by atoms with Crippen molar-refractivity contribution < 1.29 is 14.7 Å². The summed E-state index contributed by atoms with van der Waals surface area (Å²) < 4.78 is 0. The van der Waals surface area contributed by atoms with Crippen LogP contribution in [0.3, 0.4) is 0 Å². The standard InChI is InChI=1S/C10H18N2O3/c1-12(2)8(13)7-11-10(9(14)15)5-3-4-6-10/h11H,3-7H2,1-2H3,(H,14,15). The largest absolute Gasteiger partial charge is 0.480 e. The molecule has 0 heterocycles. The van der Waals surface area contributed by atoms with Gasteiger partial charge in [0.1, 0.15) is 5.54 Å². The predicted octanol–water partition coefficient (Wildman–Crippen LogP) is 0.0616. The summed E-state index contributed by atoms with van der Waals surface area (Å²) in [5.74, 6) is -0.936. The maximum absolute atomic E-state index is 11.3. The third kappa shape index (κ3) is 2.68. The van der Waals surface area contributed by atoms with Gasteiger partial charge in [0.25, 0.3) is 0 Å². The van der Waals surface area contributed by atoms with E-state index in [0.717, 1.165) is 12.8 Å². The van der Waals surface area contributed by atoms with Crippen LogP contribution in [0.2, 0.25) is 0 Å². The molecule has 1 amide bonds. The van der Waals surface area contributed by atoms with Gasteiger partial charge >= 0.3 is 5.97 Å². The molecule has 1 saturated carbocycles. The molecule has 15 heavy (non-hydrogen) atoms. The number of hydrogen-bond donors (Lipinski definition) is 2. The molecule has 5 nitrogen and oxygen atoms in total. The van der Waals surface area contributed by atoms with E-state index >= 15 is 0 Å². The van der Waals surface area contributed by atoms with Crippen molar-refractivity contribution in [2.75, 3.05) is 20.6 Å². The number of hydrogen-bond acceptors (Lipinski definition) is 3. The van der Waals surface area contributed by atoms with Crippen molar-refractivity contribution >= 4 is 11.9 Å². The van der Waals surface area contributed by atoms with E-state index in [9.17, 15) is 9.59 Å². The van der Waals surface area contributed by atoms with E-state index in [1.54, 1.807) is 14.1 Å². The smallest absolute Gasteiger partial charge is 0.323 e. The Morgan fingerprint density at radius 1 is 1.33 bits per heavy atom. The Labute approximate surface area is 89.4 Å². The first-order valence-corrected chi connectivity index (χ1v) is 5.16. The van der Waals surface area contributed by atoms with Gasteiger partial charge in [0.2, 0.25) is 5.91 Å². The summed E-state index contributed by atoms with van der Waals surface area (Å²) in [7, 11) is 3.32. The summed E-state index contributed by atoms with van der Waals surface area (Å²) in [6.07, 6.45) is 3.05. The first kappa shape index (κ1) is 12.0. The molecule has 2 N–H and O–H groups in total. The number of carbonyl (C=O) groups is 2. The highest BCUT2D eigenvalue weighted by molar-refractivity contribution is 5.82. The van der Waals surface area contributed by atoms with Gasteiger partial charge in [-0.1, -0.05) is 12.8 Å². The Bertz CT molecular complexity index is 257. The van der Waals surface area contributed by atoms with Gasteiger partial charge in [0.05, 0.1) is 6.54 Å². The van der Waals surface area contributed by atoms with Crippen LogP contribution in [-0.4, -0.2) is 48.1 Å². The summed E-state index contributed by atoms with van der Waals surface area (Å²) in [6, 6.07) is 0. The maximum Gasteiger partial charge on any atom is 0.323 e. The molecule has 0 unspecified atom stereocenters. The van der Waals surface area contributed by atoms with E-state index in [1.807, 2.05) is 0 Å². The molecule has 5 heteroatoms. The summed E-state index contributed by atoms with van der Waals surface area (Å²) in [6.45, 7) is 0.0965. The second-order valence-electron chi connectivity index (χ2n) is 4.24. The van der Waals surface area contributed by atoms with Crippen LogP contribution >= 0.6 is 0 Å². The minimum atomic E-state index is -0.869. The lowest BCUT2D eigenvalue weighted by atomic mass is 9.98. The lowest BCUT2D eigenvalue weighted by molar-refractivity contribution is -0.145. The van der Waals surface area contributed by atoms with Gasteiger partial charge in [-0.15, -0.1) is 0 Å². The molecule has 1 aliphatic carbocycles. The maximum atomic E-state index is 11.3. The van der Waals surface area contributed by atoms with Crippen LogP contribution in [0.4, 0.5) is 0 Å². The summed E-state index contributed by atoms with van der Waals surface area (Å²) in [5.41, 5.74) is -0.869. The Morgan fingerprint density at radius 2 is 1.87 bits per heavy atom. The summed E-state index contributed by atoms with van der Waals surface area (Å²) >= 11 is 0. The normalized spacial score (nSPS) is 18.8. The third-order valence-electron chi connectivity index (χ3n) is 2.94. The summed E-state index contributed by atoms with van der Waals surface area (Å²) in [5, 5.41) is 12.0. The Kier molecular flexibility index (Phi) is 3.68. The van der Waals surface area contributed by atoms with E-state index in [0.29, 0.717) is 12.8 Å². The van der Waals surface area contributed by atoms with Crippen molar-refractivity contribution in [1.82, 2.24) is 10.2 Å². The molecule has 0 saturated heterocycles. The molecular weight excluding hydrogens is 196 g/mol. The van der Waals surface area contributed by atoms with E-state index in [-0.39, 0.29) is 12.5 Å². The molecule has 0 aromatic rings. The van der Waals surface area contributed by atoms with Gasteiger partial charge in [0.15, 0.2) is 0 Å². The molecule has 0 atom stereocenters. The molecule has 0 radical (unpaired) electrons. The average molecular weight is 214 g/mol. The average Bonchev–Trinajstić information content (AvgIpc) is 2.63. The van der Waals surface area contributed by atoms with Crippen LogP contribution in [0.15, 0.2) is 0 Å². The Hall–Kier alpha value is -1.10. The van der Waals surface area contributed by atoms with Gasteiger partial charge in [-0.3, -0.25) is 14.9 Å². The molecule has 0 aromatic heterocycles. The van der Waals surface area contributed by atoms with Gasteiger partial charge in [0, 0.05) is 14.1 Å². The minimum absolute atomic E-state index is 0.0949. The monoisotopic (exact) mass is 214 g/mol. The molecule has 0 aromatic carbocycles. The van der Waals surface area contributed by atoms with E-state index in [4.69, 9.17) is 5.11 Å². The molecule has 0 spiro atoms. The zero-order valence-corrected chi connectivity index (χ0v) is 9.25. The SMILES string of the molecule is CN(C)C(=O)CNC1(C(=O)O)CCCC1. The molecule has 1 aliphatic rings. The van der Waals surface area contributed by atoms with Crippen molar-refractivity contribution in [3.8, 4) is 0 Å². The van der Waals surface area contributed by atoms with Crippen molar-refractivity contribution in [2.24, 2.45) is 0 Å². The molecule has 0 bridgehead atoms. The number of carbonyl (C=O) groups excluding carboxylic acids is 1. The number of likely N-dealkylation sites (N-methyl/N-ethyl adjacent to an activating group) is 1. The van der Waals surface area contributed by atoms with Gasteiger partial charge in [-0.25, -0.2) is 0 Å². The van der Waals surface area contributed by atoms with Crippen LogP contribution in [0.5, 0.6) is 0 Å². The number of rotatable bonds is 4. The van der Waals surface area contributed by atoms with Crippen LogP contribution in [0, 0.1) is 0 Å². The van der Waals surface area contributed by atoms with Gasteiger partial charge in [-0.05, 0) is 12.8 Å². The van der Waals surface area contributed by atoms with Crippen LogP contribution < -0.4 is 5.32 Å². The van der Waals surface area contributed by atoms with E-state index in [2.05, 4.69) is 5.32 Å². The van der Waals surface area contributed by atoms with Crippen LogP contribution in [0.1, 0.15) is 25.7 Å². The lowest BCUT2D eigenvalue weighted by Crippen LogP contribution is -2.52. The highest BCUT2D eigenvalue weighted by Crippen LogP contribution is 2.29. The first-order valence-electron chi connectivity index (χ1n) is 5.16. The Morgan fingerprint density at radius 3 is 2.27 bits per heavy atom. The van der Waals surface area contributed by atoms with Crippen LogP contribution in [-0.2, 0) is 9.59 Å². The second kappa shape index (κ2) is 4.61. The van der Waals surface area contributed by atoms with Crippen molar-refractivity contribution in [3.05, 3.63) is 0 Å². The van der Waals surface area contributed by atoms with Crippen molar-refractivity contribution in [1.29, 1.82) is 0 Å². The molecule has 86 valence electrons. The third-order valence-corrected chi connectivity index (χ3v) is 2.94. The number of carboxylic acids is 1. The summed E-state index contributed by atoms with van der Waals surface area (Å²) in [4.78, 5) is 23.9. The second-order valence-corrected chi connectivity index (χ2v) is 4.24. The zero-order chi connectivity index (χ0) is 11.5. The fraction of sp³-hybridized carbons (Fsp3) is 0.800. The topological polar surface area (TPSA) is 69.6 Å². The molecule has 1 fully saturated rings. The molecular formula is C10H18N2O3. The number of amides is 1. The number of carboxylic acid groups (broad SMARTS) is 1. The van der Waals surface area contributed by atoms with Gasteiger partial charge < -0.3 is 10.0 Å². The molecule has 1 rings (SSSR count). The fourth-order valence-electron chi connectivity index (χ4n) is 1.85. The van der Waals surface area contributed by atoms with Gasteiger partial charge in [-0.2, -0.15) is 0 Å². The van der Waals surface area contributed by atoms with Crippen molar-refractivity contribution in [2.45, 2.75) is 31.2 Å². The first-order chi connectivity index (χ1) is 6.98. The number of nitrogens with zero attached hydrogens (tertiary/aromatic N) is 1. The highest BCUT2D eigenvalue weighted by atomic mass is 16.4. The number of nitrogens with one attached hydrogen (secondary N) is 1. The lowest BCUT2D eigenvalue weighted by Gasteiger charge is -2.25. The fourth-order valence-corrected chi connectivity index (χ4v) is 1.85. The Balaban J connectivity index is 2.53. The van der Waals surface area contributed by atoms with E-state index < -0.39 is 11.5 Å². The quantitative estimate of drug-likeness (QED) is 0.694. The predicted molar refractivity (Wildman–Crippen MR) is 55.5 cm³/mol. The molecule has 0 aliphatic heterocycles. The van der Waals surface area contributed by atoms with Crippen LogP contribution in [0.25, 0.3) is 0 Å². The van der Waals surface area contributed by atoms with E-state index in [1.165, 1.54) is 4.90 Å². The zero-order valence-electron chi connectivity index (χ0n) is 9.25. The highest BCUT2D eigenvalue weighted by Gasteiger charge is 2.41. The minimum Gasteiger partial charge on any atom is -0.480 e. The van der Waals surface area contributed by atoms with Crippen molar-refractivity contribution in [3.63, 3.8) is 0 Å².